The molecular formula is C45H83NO4. The van der Waals surface area contributed by atoms with Crippen molar-refractivity contribution >= 4 is 5.91 Å². The number of unbranched alkanes of at least 4 members (excludes halogenated alkanes) is 23. The van der Waals surface area contributed by atoms with Crippen LogP contribution in [-0.4, -0.2) is 46.1 Å². The van der Waals surface area contributed by atoms with Crippen LogP contribution < -0.4 is 5.32 Å². The number of nitrogens with one attached hydrogen (secondary N) is 1. The van der Waals surface area contributed by atoms with Gasteiger partial charge in [0.05, 0.1) is 31.3 Å². The van der Waals surface area contributed by atoms with Gasteiger partial charge in [-0.05, 0) is 64.2 Å². The van der Waals surface area contributed by atoms with Crippen molar-refractivity contribution in [2.24, 2.45) is 0 Å². The smallest absolute Gasteiger partial charge is 0.222 e. The van der Waals surface area contributed by atoms with Gasteiger partial charge in [0.1, 0.15) is 0 Å². The molecule has 0 heterocycles. The topological polar surface area (TPSA) is 89.8 Å². The highest BCUT2D eigenvalue weighted by molar-refractivity contribution is 5.76. The summed E-state index contributed by atoms with van der Waals surface area (Å²) in [6.45, 7) is 4.14. The van der Waals surface area contributed by atoms with Gasteiger partial charge in [0.15, 0.2) is 0 Å². The molecule has 0 fully saturated rings. The Bertz CT molecular complexity index is 820. The Labute approximate surface area is 310 Å². The molecule has 0 spiro atoms. The van der Waals surface area contributed by atoms with Crippen LogP contribution in [0.2, 0.25) is 0 Å². The number of aliphatic hydroxyl groups excluding tert-OH is 3. The molecule has 4 N–H and O–H groups in total. The number of aliphatic hydroxyl groups is 3. The van der Waals surface area contributed by atoms with Crippen LogP contribution in [0.15, 0.2) is 48.6 Å². The third-order valence-electron chi connectivity index (χ3n) is 9.57. The van der Waals surface area contributed by atoms with Gasteiger partial charge in [-0.15, -0.1) is 0 Å². The monoisotopic (exact) mass is 702 g/mol. The highest BCUT2D eigenvalue weighted by Gasteiger charge is 2.20. The van der Waals surface area contributed by atoms with E-state index in [9.17, 15) is 20.1 Å². The Morgan fingerprint density at radius 3 is 1.34 bits per heavy atom. The van der Waals surface area contributed by atoms with Crippen LogP contribution in [0.5, 0.6) is 0 Å². The van der Waals surface area contributed by atoms with Crippen molar-refractivity contribution in [1.29, 1.82) is 0 Å². The summed E-state index contributed by atoms with van der Waals surface area (Å²) in [6, 6.07) is -0.768. The van der Waals surface area contributed by atoms with E-state index in [1.807, 2.05) is 6.08 Å². The van der Waals surface area contributed by atoms with Gasteiger partial charge in [0.2, 0.25) is 5.91 Å². The van der Waals surface area contributed by atoms with Crippen LogP contribution >= 0.6 is 0 Å². The lowest BCUT2D eigenvalue weighted by Gasteiger charge is -2.21. The summed E-state index contributed by atoms with van der Waals surface area (Å²) < 4.78 is 0. The minimum atomic E-state index is -0.960. The minimum Gasteiger partial charge on any atom is -0.394 e. The van der Waals surface area contributed by atoms with Crippen LogP contribution in [0.4, 0.5) is 0 Å². The number of hydrogen-bond donors (Lipinski definition) is 4. The highest BCUT2D eigenvalue weighted by Crippen LogP contribution is 2.14. The van der Waals surface area contributed by atoms with Gasteiger partial charge in [-0.3, -0.25) is 4.79 Å². The van der Waals surface area contributed by atoms with Crippen molar-refractivity contribution in [2.75, 3.05) is 6.61 Å². The zero-order chi connectivity index (χ0) is 36.6. The van der Waals surface area contributed by atoms with E-state index in [4.69, 9.17) is 0 Å². The lowest BCUT2D eigenvalue weighted by atomic mass is 10.0. The van der Waals surface area contributed by atoms with Gasteiger partial charge in [0, 0.05) is 0 Å². The Morgan fingerprint density at radius 2 is 0.880 bits per heavy atom. The summed E-state index contributed by atoms with van der Waals surface area (Å²) >= 11 is 0. The van der Waals surface area contributed by atoms with Crippen molar-refractivity contribution < 1.29 is 20.1 Å². The zero-order valence-corrected chi connectivity index (χ0v) is 33.0. The van der Waals surface area contributed by atoms with E-state index in [0.717, 1.165) is 38.5 Å². The first-order valence-electron chi connectivity index (χ1n) is 21.4. The number of allylic oxidation sites excluding steroid dienone is 7. The lowest BCUT2D eigenvalue weighted by Crippen LogP contribution is -2.45. The van der Waals surface area contributed by atoms with Crippen LogP contribution in [0.1, 0.15) is 206 Å². The van der Waals surface area contributed by atoms with Crippen molar-refractivity contribution in [3.05, 3.63) is 48.6 Å². The molecule has 5 heteroatoms. The van der Waals surface area contributed by atoms with E-state index in [2.05, 4.69) is 55.6 Å². The molecule has 0 saturated carbocycles. The molecule has 1 amide bonds. The summed E-state index contributed by atoms with van der Waals surface area (Å²) in [5.41, 5.74) is 0. The van der Waals surface area contributed by atoms with Crippen LogP contribution in [0.25, 0.3) is 0 Å². The molecule has 50 heavy (non-hydrogen) atoms. The van der Waals surface area contributed by atoms with E-state index < -0.39 is 18.2 Å². The number of carbonyl (C=O) groups is 1. The standard InChI is InChI=1S/C45H83NO4/c1-3-5-7-9-11-13-15-17-18-19-20-21-22-23-24-25-26-27-28-30-32-34-36-38-42(48)40-45(50)46-43(41-47)44(49)39-37-35-33-31-29-16-14-12-10-8-6-4-2/h10,12,23-24,29,31,37,39,42-44,47-49H,3-9,11,13-22,25-28,30,32-36,38,40-41H2,1-2H3,(H,46,50)/b12-10+,24-23-,31-29+,39-37+. The fraction of sp³-hybridized carbons (Fsp3) is 0.800. The van der Waals surface area contributed by atoms with Gasteiger partial charge < -0.3 is 20.6 Å². The van der Waals surface area contributed by atoms with Crippen molar-refractivity contribution in [3.63, 3.8) is 0 Å². The van der Waals surface area contributed by atoms with E-state index in [-0.39, 0.29) is 18.9 Å². The Kier molecular flexibility index (Phi) is 38.7. The molecule has 0 aliphatic carbocycles. The fourth-order valence-electron chi connectivity index (χ4n) is 6.23. The predicted molar refractivity (Wildman–Crippen MR) is 217 cm³/mol. The van der Waals surface area contributed by atoms with Crippen LogP contribution in [0, 0.1) is 0 Å². The molecule has 5 nitrogen and oxygen atoms in total. The molecule has 0 rings (SSSR count). The molecule has 0 aromatic rings. The predicted octanol–water partition coefficient (Wildman–Crippen LogP) is 12.2. The second-order valence-electron chi connectivity index (χ2n) is 14.6. The zero-order valence-electron chi connectivity index (χ0n) is 33.0. The first-order valence-corrected chi connectivity index (χ1v) is 21.4. The van der Waals surface area contributed by atoms with Crippen molar-refractivity contribution in [2.45, 2.75) is 225 Å². The number of amides is 1. The number of hydrogen-bond acceptors (Lipinski definition) is 4. The Morgan fingerprint density at radius 1 is 0.500 bits per heavy atom. The molecule has 3 atom stereocenters. The molecule has 0 radical (unpaired) electrons. The van der Waals surface area contributed by atoms with Crippen molar-refractivity contribution in [3.8, 4) is 0 Å². The average Bonchev–Trinajstić information content (AvgIpc) is 3.11. The van der Waals surface area contributed by atoms with Gasteiger partial charge in [0.25, 0.3) is 0 Å². The second-order valence-corrected chi connectivity index (χ2v) is 14.6. The maximum Gasteiger partial charge on any atom is 0.222 e. The van der Waals surface area contributed by atoms with E-state index >= 15 is 0 Å². The highest BCUT2D eigenvalue weighted by atomic mass is 16.3. The molecule has 0 bridgehead atoms. The van der Waals surface area contributed by atoms with Crippen molar-refractivity contribution in [1.82, 2.24) is 5.32 Å². The number of rotatable bonds is 38. The van der Waals surface area contributed by atoms with Gasteiger partial charge >= 0.3 is 0 Å². The Hall–Kier alpha value is -1.69. The van der Waals surface area contributed by atoms with Crippen LogP contribution in [-0.2, 0) is 4.79 Å². The van der Waals surface area contributed by atoms with Gasteiger partial charge in [-0.1, -0.05) is 184 Å². The van der Waals surface area contributed by atoms with Gasteiger partial charge in [-0.2, -0.15) is 0 Å². The molecule has 292 valence electrons. The molecule has 3 unspecified atom stereocenters. The summed E-state index contributed by atoms with van der Waals surface area (Å²) in [7, 11) is 0. The minimum absolute atomic E-state index is 0.00164. The van der Waals surface area contributed by atoms with Crippen LogP contribution in [0.3, 0.4) is 0 Å². The summed E-state index contributed by atoms with van der Waals surface area (Å²) in [4.78, 5) is 12.4. The third-order valence-corrected chi connectivity index (χ3v) is 9.57. The summed E-state index contributed by atoms with van der Waals surface area (Å²) in [5, 5.41) is 33.1. The fourth-order valence-corrected chi connectivity index (χ4v) is 6.23. The maximum absolute atomic E-state index is 12.4. The third kappa shape index (κ3) is 36.1. The Balaban J connectivity index is 3.67. The average molecular weight is 702 g/mol. The first-order chi connectivity index (χ1) is 24.5. The SMILES string of the molecule is CCCC/C=C/CC/C=C/CC/C=C/C(O)C(CO)NC(=O)CC(O)CCCCCCCCC/C=C\CCCCCCCCCCCCCC. The largest absolute Gasteiger partial charge is 0.394 e. The molecule has 0 saturated heterocycles. The van der Waals surface area contributed by atoms with E-state index in [1.165, 1.54) is 141 Å². The summed E-state index contributed by atoms with van der Waals surface area (Å²) in [6.07, 6.45) is 51.1. The summed E-state index contributed by atoms with van der Waals surface area (Å²) in [5.74, 6) is -0.334. The normalized spacial score (nSPS) is 14.1. The maximum atomic E-state index is 12.4. The molecule has 0 aliphatic heterocycles. The molecular weight excluding hydrogens is 618 g/mol. The van der Waals surface area contributed by atoms with Gasteiger partial charge in [-0.25, -0.2) is 0 Å². The van der Waals surface area contributed by atoms with E-state index in [1.54, 1.807) is 6.08 Å². The lowest BCUT2D eigenvalue weighted by molar-refractivity contribution is -0.124. The number of carbonyl (C=O) groups excluding carboxylic acids is 1. The molecule has 0 aromatic carbocycles. The second kappa shape index (κ2) is 40.1. The first kappa shape index (κ1) is 48.3. The molecule has 0 aromatic heterocycles. The molecule has 0 aliphatic rings. The quantitative estimate of drug-likeness (QED) is 0.0381. The van der Waals surface area contributed by atoms with E-state index in [0.29, 0.717) is 6.42 Å².